The normalized spacial score (nSPS) is 11.2. The first-order valence-electron chi connectivity index (χ1n) is 5.57. The van der Waals surface area contributed by atoms with Crippen LogP contribution in [-0.4, -0.2) is 18.2 Å². The highest BCUT2D eigenvalue weighted by atomic mass is 35.5. The molecular formula is C13H16Cl2O3. The van der Waals surface area contributed by atoms with E-state index in [2.05, 4.69) is 0 Å². The molecule has 1 aromatic carbocycles. The molecule has 5 heteroatoms. The van der Waals surface area contributed by atoms with Crippen molar-refractivity contribution in [2.24, 2.45) is 0 Å². The van der Waals surface area contributed by atoms with E-state index in [-0.39, 0.29) is 19.0 Å². The third-order valence-electron chi connectivity index (χ3n) is 1.83. The number of halogens is 2. The summed E-state index contributed by atoms with van der Waals surface area (Å²) in [6, 6.07) is 4.90. The first-order valence-corrected chi connectivity index (χ1v) is 6.32. The molecule has 0 spiro atoms. The molecule has 0 atom stereocenters. The van der Waals surface area contributed by atoms with Gasteiger partial charge in [0.1, 0.15) is 11.4 Å². The smallest absolute Gasteiger partial charge is 0.309 e. The number of esters is 1. The van der Waals surface area contributed by atoms with Crippen LogP contribution in [0, 0.1) is 0 Å². The largest absolute Gasteiger partial charge is 0.493 e. The molecule has 100 valence electrons. The standard InChI is InChI=1S/C13H16Cl2O3/c1-13(2,3)18-12(16)4-5-17-11-7-9(14)6-10(15)8-11/h6-8H,4-5H2,1-3H3. The summed E-state index contributed by atoms with van der Waals surface area (Å²) >= 11 is 11.6. The van der Waals surface area contributed by atoms with Crippen LogP contribution < -0.4 is 4.74 Å². The summed E-state index contributed by atoms with van der Waals surface area (Å²) in [6.07, 6.45) is 0.182. The van der Waals surface area contributed by atoms with Gasteiger partial charge in [0.05, 0.1) is 13.0 Å². The van der Waals surface area contributed by atoms with E-state index in [0.29, 0.717) is 15.8 Å². The minimum absolute atomic E-state index is 0.182. The molecule has 0 amide bonds. The average molecular weight is 291 g/mol. The van der Waals surface area contributed by atoms with E-state index >= 15 is 0 Å². The van der Waals surface area contributed by atoms with Crippen molar-refractivity contribution in [3.8, 4) is 5.75 Å². The van der Waals surface area contributed by atoms with Gasteiger partial charge in [-0.3, -0.25) is 4.79 Å². The maximum absolute atomic E-state index is 11.4. The third kappa shape index (κ3) is 6.12. The Morgan fingerprint density at radius 3 is 2.22 bits per heavy atom. The second kappa shape index (κ2) is 6.30. The van der Waals surface area contributed by atoms with Crippen molar-refractivity contribution in [2.45, 2.75) is 32.8 Å². The molecule has 0 heterocycles. The second-order valence-electron chi connectivity index (χ2n) is 4.79. The highest BCUT2D eigenvalue weighted by Crippen LogP contribution is 2.24. The van der Waals surface area contributed by atoms with Crippen LogP contribution in [-0.2, 0) is 9.53 Å². The van der Waals surface area contributed by atoms with E-state index in [1.807, 2.05) is 20.8 Å². The van der Waals surface area contributed by atoms with Gasteiger partial charge in [-0.05, 0) is 39.0 Å². The lowest BCUT2D eigenvalue weighted by atomic mass is 10.2. The fourth-order valence-electron chi connectivity index (χ4n) is 1.26. The zero-order valence-corrected chi connectivity index (χ0v) is 12.1. The van der Waals surface area contributed by atoms with E-state index in [1.54, 1.807) is 18.2 Å². The van der Waals surface area contributed by atoms with Gasteiger partial charge in [-0.2, -0.15) is 0 Å². The highest BCUT2D eigenvalue weighted by molar-refractivity contribution is 6.34. The number of ether oxygens (including phenoxy) is 2. The number of carbonyl (C=O) groups is 1. The summed E-state index contributed by atoms with van der Waals surface area (Å²) < 4.78 is 10.5. The van der Waals surface area contributed by atoms with Crippen molar-refractivity contribution in [3.63, 3.8) is 0 Å². The van der Waals surface area contributed by atoms with Crippen LogP contribution in [0.25, 0.3) is 0 Å². The highest BCUT2D eigenvalue weighted by Gasteiger charge is 2.15. The van der Waals surface area contributed by atoms with E-state index in [4.69, 9.17) is 32.7 Å². The van der Waals surface area contributed by atoms with Crippen molar-refractivity contribution in [3.05, 3.63) is 28.2 Å². The minimum atomic E-state index is -0.476. The first kappa shape index (κ1) is 15.1. The molecule has 0 radical (unpaired) electrons. The lowest BCUT2D eigenvalue weighted by Crippen LogP contribution is -2.24. The van der Waals surface area contributed by atoms with E-state index in [1.165, 1.54) is 0 Å². The lowest BCUT2D eigenvalue weighted by molar-refractivity contribution is -0.155. The SMILES string of the molecule is CC(C)(C)OC(=O)CCOc1cc(Cl)cc(Cl)c1. The first-order chi connectivity index (χ1) is 8.26. The Kier molecular flexibility index (Phi) is 5.29. The molecule has 0 aromatic heterocycles. The second-order valence-corrected chi connectivity index (χ2v) is 5.66. The predicted molar refractivity (Wildman–Crippen MR) is 72.4 cm³/mol. The fraction of sp³-hybridized carbons (Fsp3) is 0.462. The fourth-order valence-corrected chi connectivity index (χ4v) is 1.76. The Morgan fingerprint density at radius 2 is 1.72 bits per heavy atom. The molecule has 0 aliphatic rings. The van der Waals surface area contributed by atoms with Crippen molar-refractivity contribution in [2.75, 3.05) is 6.61 Å². The van der Waals surface area contributed by atoms with Gasteiger partial charge in [0.25, 0.3) is 0 Å². The van der Waals surface area contributed by atoms with Gasteiger partial charge >= 0.3 is 5.97 Å². The van der Waals surface area contributed by atoms with Crippen molar-refractivity contribution in [1.82, 2.24) is 0 Å². The van der Waals surface area contributed by atoms with Gasteiger partial charge in [-0.15, -0.1) is 0 Å². The van der Waals surface area contributed by atoms with Crippen LogP contribution in [0.15, 0.2) is 18.2 Å². The molecule has 0 saturated heterocycles. The summed E-state index contributed by atoms with van der Waals surface area (Å²) in [4.78, 5) is 11.4. The quantitative estimate of drug-likeness (QED) is 0.783. The monoisotopic (exact) mass is 290 g/mol. The third-order valence-corrected chi connectivity index (χ3v) is 2.27. The molecule has 18 heavy (non-hydrogen) atoms. The molecule has 1 rings (SSSR count). The number of benzene rings is 1. The minimum Gasteiger partial charge on any atom is -0.493 e. The summed E-state index contributed by atoms with van der Waals surface area (Å²) in [5.41, 5.74) is -0.476. The summed E-state index contributed by atoms with van der Waals surface area (Å²) in [7, 11) is 0. The maximum Gasteiger partial charge on any atom is 0.309 e. The van der Waals surface area contributed by atoms with Gasteiger partial charge < -0.3 is 9.47 Å². The summed E-state index contributed by atoms with van der Waals surface area (Å²) in [6.45, 7) is 5.69. The lowest BCUT2D eigenvalue weighted by Gasteiger charge is -2.19. The molecular weight excluding hydrogens is 275 g/mol. The van der Waals surface area contributed by atoms with Crippen molar-refractivity contribution >= 4 is 29.2 Å². The zero-order chi connectivity index (χ0) is 13.8. The topological polar surface area (TPSA) is 35.5 Å². The molecule has 0 bridgehead atoms. The average Bonchev–Trinajstić information content (AvgIpc) is 2.12. The van der Waals surface area contributed by atoms with Crippen LogP contribution in [0.4, 0.5) is 0 Å². The summed E-state index contributed by atoms with van der Waals surface area (Å²) in [5.74, 6) is 0.242. The molecule has 0 saturated carbocycles. The van der Waals surface area contributed by atoms with E-state index in [9.17, 15) is 4.79 Å². The van der Waals surface area contributed by atoms with Gasteiger partial charge in [-0.1, -0.05) is 23.2 Å². The van der Waals surface area contributed by atoms with Crippen LogP contribution >= 0.6 is 23.2 Å². The molecule has 3 nitrogen and oxygen atoms in total. The number of carbonyl (C=O) groups excluding carboxylic acids is 1. The van der Waals surface area contributed by atoms with Gasteiger partial charge in [0, 0.05) is 10.0 Å². The predicted octanol–water partition coefficient (Wildman–Crippen LogP) is 4.10. The molecule has 0 unspecified atom stereocenters. The Balaban J connectivity index is 2.40. The van der Waals surface area contributed by atoms with Gasteiger partial charge in [0.2, 0.25) is 0 Å². The Morgan fingerprint density at radius 1 is 1.17 bits per heavy atom. The number of rotatable bonds is 4. The van der Waals surface area contributed by atoms with Gasteiger partial charge in [0.15, 0.2) is 0 Å². The van der Waals surface area contributed by atoms with E-state index < -0.39 is 5.60 Å². The molecule has 0 N–H and O–H groups in total. The van der Waals surface area contributed by atoms with Crippen LogP contribution in [0.2, 0.25) is 10.0 Å². The molecule has 0 aliphatic heterocycles. The van der Waals surface area contributed by atoms with Gasteiger partial charge in [-0.25, -0.2) is 0 Å². The van der Waals surface area contributed by atoms with Crippen molar-refractivity contribution in [1.29, 1.82) is 0 Å². The Hall–Kier alpha value is -0.930. The van der Waals surface area contributed by atoms with Crippen LogP contribution in [0.1, 0.15) is 27.2 Å². The van der Waals surface area contributed by atoms with Crippen LogP contribution in [0.5, 0.6) is 5.75 Å². The number of hydrogen-bond donors (Lipinski definition) is 0. The Labute approximate surface area is 117 Å². The van der Waals surface area contributed by atoms with Crippen LogP contribution in [0.3, 0.4) is 0 Å². The number of hydrogen-bond acceptors (Lipinski definition) is 3. The molecule has 0 fully saturated rings. The Bertz CT molecular complexity index is 404. The van der Waals surface area contributed by atoms with E-state index in [0.717, 1.165) is 0 Å². The molecule has 0 aliphatic carbocycles. The van der Waals surface area contributed by atoms with Crippen molar-refractivity contribution < 1.29 is 14.3 Å². The summed E-state index contributed by atoms with van der Waals surface area (Å²) in [5, 5.41) is 0.990. The zero-order valence-electron chi connectivity index (χ0n) is 10.6. The molecule has 1 aromatic rings. The maximum atomic E-state index is 11.4.